The number of ether oxygens (including phenoxy) is 1. The van der Waals surface area contributed by atoms with Gasteiger partial charge in [0.25, 0.3) is 0 Å². The van der Waals surface area contributed by atoms with E-state index in [1.165, 1.54) is 0 Å². The summed E-state index contributed by atoms with van der Waals surface area (Å²) in [6.07, 6.45) is 0.871. The quantitative estimate of drug-likeness (QED) is 0.789. The summed E-state index contributed by atoms with van der Waals surface area (Å²) in [6.45, 7) is 4.65. The minimum absolute atomic E-state index is 0.0204. The molecular formula is C22H24N2O2. The highest BCUT2D eigenvalue weighted by Crippen LogP contribution is 2.51. The molecule has 1 fully saturated rings. The van der Waals surface area contributed by atoms with Gasteiger partial charge in [0.2, 0.25) is 5.91 Å². The molecule has 4 heteroatoms. The number of methoxy groups -OCH3 is 1. The van der Waals surface area contributed by atoms with Crippen LogP contribution in [0.4, 0.5) is 0 Å². The van der Waals surface area contributed by atoms with Crippen LogP contribution in [0.5, 0.6) is 5.75 Å². The minimum Gasteiger partial charge on any atom is -0.496 e. The van der Waals surface area contributed by atoms with Crippen molar-refractivity contribution in [3.63, 3.8) is 0 Å². The van der Waals surface area contributed by atoms with Crippen LogP contribution in [0.15, 0.2) is 48.5 Å². The maximum Gasteiger partial charge on any atom is 0.226 e. The molecule has 2 aromatic rings. The summed E-state index contributed by atoms with van der Waals surface area (Å²) < 4.78 is 5.45. The maximum atomic E-state index is 13.1. The molecule has 3 rings (SSSR count). The lowest BCUT2D eigenvalue weighted by atomic mass is 10.1. The van der Waals surface area contributed by atoms with E-state index < -0.39 is 0 Å². The molecule has 134 valence electrons. The van der Waals surface area contributed by atoms with Crippen LogP contribution < -0.4 is 4.74 Å². The molecule has 0 heterocycles. The Kier molecular flexibility index (Phi) is 5.27. The second kappa shape index (κ2) is 7.61. The summed E-state index contributed by atoms with van der Waals surface area (Å²) in [7, 11) is 1.67. The average molecular weight is 348 g/mol. The van der Waals surface area contributed by atoms with Gasteiger partial charge in [-0.15, -0.1) is 0 Å². The third-order valence-electron chi connectivity index (χ3n) is 4.99. The molecule has 0 N–H and O–H groups in total. The number of rotatable bonds is 6. The summed E-state index contributed by atoms with van der Waals surface area (Å²) in [6, 6.07) is 17.6. The van der Waals surface area contributed by atoms with Gasteiger partial charge in [0.15, 0.2) is 0 Å². The highest BCUT2D eigenvalue weighted by molar-refractivity contribution is 5.83. The van der Waals surface area contributed by atoms with Crippen molar-refractivity contribution in [2.45, 2.75) is 38.8 Å². The number of carbonyl (C=O) groups is 1. The summed E-state index contributed by atoms with van der Waals surface area (Å²) in [4.78, 5) is 15.0. The van der Waals surface area contributed by atoms with Gasteiger partial charge < -0.3 is 9.64 Å². The van der Waals surface area contributed by atoms with Crippen LogP contribution >= 0.6 is 0 Å². The van der Waals surface area contributed by atoms with Crippen molar-refractivity contribution in [3.8, 4) is 11.8 Å². The fourth-order valence-electron chi connectivity index (χ4n) is 3.39. The van der Waals surface area contributed by atoms with E-state index >= 15 is 0 Å². The molecule has 2 aromatic carbocycles. The Morgan fingerprint density at radius 2 is 1.92 bits per heavy atom. The van der Waals surface area contributed by atoms with Gasteiger partial charge in [-0.25, -0.2) is 0 Å². The molecule has 4 nitrogen and oxygen atoms in total. The van der Waals surface area contributed by atoms with E-state index in [1.807, 2.05) is 49.1 Å². The van der Waals surface area contributed by atoms with Gasteiger partial charge in [-0.1, -0.05) is 30.3 Å². The summed E-state index contributed by atoms with van der Waals surface area (Å²) >= 11 is 0. The number of para-hydroxylation sites is 1. The van der Waals surface area contributed by atoms with E-state index in [0.29, 0.717) is 12.1 Å². The van der Waals surface area contributed by atoms with Crippen molar-refractivity contribution in [1.82, 2.24) is 4.90 Å². The zero-order valence-electron chi connectivity index (χ0n) is 15.5. The maximum absolute atomic E-state index is 13.1. The summed E-state index contributed by atoms with van der Waals surface area (Å²) in [5.74, 6) is 1.31. The van der Waals surface area contributed by atoms with E-state index in [9.17, 15) is 4.79 Å². The van der Waals surface area contributed by atoms with Crippen LogP contribution in [0, 0.1) is 17.2 Å². The van der Waals surface area contributed by atoms with Crippen molar-refractivity contribution in [3.05, 3.63) is 65.2 Å². The lowest BCUT2D eigenvalue weighted by molar-refractivity contribution is -0.135. The lowest BCUT2D eigenvalue weighted by Crippen LogP contribution is -2.37. The third-order valence-corrected chi connectivity index (χ3v) is 4.99. The Balaban J connectivity index is 1.73. The molecule has 0 unspecified atom stereocenters. The molecule has 0 spiro atoms. The average Bonchev–Trinajstić information content (AvgIpc) is 3.46. The van der Waals surface area contributed by atoms with Crippen LogP contribution in [0.2, 0.25) is 0 Å². The van der Waals surface area contributed by atoms with Crippen molar-refractivity contribution in [1.29, 1.82) is 5.26 Å². The van der Waals surface area contributed by atoms with E-state index in [0.717, 1.165) is 23.3 Å². The molecule has 1 amide bonds. The lowest BCUT2D eigenvalue weighted by Gasteiger charge is -2.27. The minimum atomic E-state index is 0.0204. The number of amides is 1. The predicted octanol–water partition coefficient (Wildman–Crippen LogP) is 4.11. The first kappa shape index (κ1) is 18.0. The fourth-order valence-corrected chi connectivity index (χ4v) is 3.39. The second-order valence-corrected chi connectivity index (χ2v) is 7.06. The van der Waals surface area contributed by atoms with Gasteiger partial charge in [0.1, 0.15) is 5.75 Å². The van der Waals surface area contributed by atoms with E-state index in [4.69, 9.17) is 10.00 Å². The molecule has 0 bridgehead atoms. The Hall–Kier alpha value is -2.80. The number of hydrogen-bond donors (Lipinski definition) is 0. The van der Waals surface area contributed by atoms with Crippen molar-refractivity contribution in [2.24, 2.45) is 5.92 Å². The second-order valence-electron chi connectivity index (χ2n) is 7.06. The van der Waals surface area contributed by atoms with Crippen molar-refractivity contribution in [2.75, 3.05) is 7.11 Å². The molecule has 0 aliphatic heterocycles. The molecule has 0 radical (unpaired) electrons. The van der Waals surface area contributed by atoms with Crippen molar-refractivity contribution < 1.29 is 9.53 Å². The molecule has 1 saturated carbocycles. The first-order valence-electron chi connectivity index (χ1n) is 8.97. The van der Waals surface area contributed by atoms with Gasteiger partial charge >= 0.3 is 0 Å². The van der Waals surface area contributed by atoms with Gasteiger partial charge in [-0.05, 0) is 55.5 Å². The van der Waals surface area contributed by atoms with Crippen LogP contribution in [0.25, 0.3) is 0 Å². The Labute approximate surface area is 155 Å². The number of nitriles is 1. The van der Waals surface area contributed by atoms with Crippen LogP contribution in [-0.4, -0.2) is 24.0 Å². The molecule has 2 atom stereocenters. The largest absolute Gasteiger partial charge is 0.496 e. The van der Waals surface area contributed by atoms with E-state index in [-0.39, 0.29) is 23.8 Å². The van der Waals surface area contributed by atoms with Gasteiger partial charge in [0, 0.05) is 18.5 Å². The summed E-state index contributed by atoms with van der Waals surface area (Å²) in [5, 5.41) is 8.92. The molecule has 1 aliphatic carbocycles. The predicted molar refractivity (Wildman–Crippen MR) is 101 cm³/mol. The van der Waals surface area contributed by atoms with E-state index in [1.54, 1.807) is 19.2 Å². The van der Waals surface area contributed by atoms with Crippen LogP contribution in [0.1, 0.15) is 42.9 Å². The topological polar surface area (TPSA) is 53.3 Å². The van der Waals surface area contributed by atoms with Crippen molar-refractivity contribution >= 4 is 5.91 Å². The monoisotopic (exact) mass is 348 g/mol. The number of carbonyl (C=O) groups excluding carboxylic acids is 1. The normalized spacial score (nSPS) is 18.3. The SMILES string of the molecule is COc1ccccc1[C@H]1C[C@H]1C(=O)N(Cc1ccc(C#N)cc1)C(C)C. The Bertz CT molecular complexity index is 821. The fraction of sp³-hybridized carbons (Fsp3) is 0.364. The zero-order valence-corrected chi connectivity index (χ0v) is 15.5. The molecular weight excluding hydrogens is 324 g/mol. The van der Waals surface area contributed by atoms with Crippen LogP contribution in [0.3, 0.4) is 0 Å². The molecule has 26 heavy (non-hydrogen) atoms. The standard InChI is InChI=1S/C22H24N2O2/c1-15(2)24(14-17-10-8-16(13-23)9-11-17)22(25)20-12-19(20)18-6-4-5-7-21(18)26-3/h4-11,15,19-20H,12,14H2,1-3H3/t19-,20-/m1/s1. The first-order valence-corrected chi connectivity index (χ1v) is 8.97. The smallest absolute Gasteiger partial charge is 0.226 e. The van der Waals surface area contributed by atoms with Gasteiger partial charge in [0.05, 0.1) is 18.7 Å². The first-order chi connectivity index (χ1) is 12.5. The number of hydrogen-bond acceptors (Lipinski definition) is 3. The highest BCUT2D eigenvalue weighted by atomic mass is 16.5. The molecule has 0 saturated heterocycles. The Morgan fingerprint density at radius 1 is 1.23 bits per heavy atom. The highest BCUT2D eigenvalue weighted by Gasteiger charge is 2.47. The summed E-state index contributed by atoms with van der Waals surface area (Å²) in [5.41, 5.74) is 2.80. The molecule has 1 aliphatic rings. The third kappa shape index (κ3) is 3.72. The van der Waals surface area contributed by atoms with Crippen LogP contribution in [-0.2, 0) is 11.3 Å². The van der Waals surface area contributed by atoms with Gasteiger partial charge in [-0.3, -0.25) is 4.79 Å². The number of benzene rings is 2. The van der Waals surface area contributed by atoms with Gasteiger partial charge in [-0.2, -0.15) is 5.26 Å². The zero-order chi connectivity index (χ0) is 18.7. The Morgan fingerprint density at radius 3 is 2.54 bits per heavy atom. The molecule has 0 aromatic heterocycles. The van der Waals surface area contributed by atoms with E-state index in [2.05, 4.69) is 12.1 Å². The number of nitrogens with zero attached hydrogens (tertiary/aromatic N) is 2.